The van der Waals surface area contributed by atoms with E-state index in [0.29, 0.717) is 16.8 Å². The van der Waals surface area contributed by atoms with E-state index in [1.54, 1.807) is 6.07 Å². The summed E-state index contributed by atoms with van der Waals surface area (Å²) < 4.78 is 18.0. The molecule has 2 aromatic rings. The topological polar surface area (TPSA) is 59.4 Å². The Morgan fingerprint density at radius 2 is 2.04 bits per heavy atom. The van der Waals surface area contributed by atoms with Crippen LogP contribution in [0.1, 0.15) is 12.5 Å². The molecule has 0 aliphatic carbocycles. The van der Waals surface area contributed by atoms with Crippen molar-refractivity contribution >= 4 is 29.2 Å². The number of methoxy groups -OCH3 is 1. The van der Waals surface area contributed by atoms with E-state index in [1.165, 1.54) is 38.3 Å². The standard InChI is InChI=1S/C16H14Cl2FNO3/c1-16(8-21,15(22)23-2)10-6-13(20-14(18)7-10)9-3-4-12(19)11(17)5-9/h3-7,21H,8H2,1-2H3. The number of ether oxygens (including phenoxy) is 1. The minimum atomic E-state index is -1.29. The second-order valence-corrected chi connectivity index (χ2v) is 5.97. The third-order valence-corrected chi connectivity index (χ3v) is 4.08. The molecule has 0 aliphatic rings. The van der Waals surface area contributed by atoms with Gasteiger partial charge in [0.25, 0.3) is 0 Å². The van der Waals surface area contributed by atoms with E-state index in [2.05, 4.69) is 4.98 Å². The van der Waals surface area contributed by atoms with E-state index in [0.717, 1.165) is 0 Å². The Labute approximate surface area is 142 Å². The van der Waals surface area contributed by atoms with E-state index >= 15 is 0 Å². The summed E-state index contributed by atoms with van der Waals surface area (Å²) in [6.07, 6.45) is 0. The Kier molecular flexibility index (Phi) is 5.24. The van der Waals surface area contributed by atoms with Gasteiger partial charge in [-0.05, 0) is 42.8 Å². The number of hydrogen-bond donors (Lipinski definition) is 1. The molecule has 1 N–H and O–H groups in total. The van der Waals surface area contributed by atoms with Gasteiger partial charge in [-0.3, -0.25) is 4.79 Å². The third-order valence-electron chi connectivity index (χ3n) is 3.60. The minimum absolute atomic E-state index is 0.0521. The molecular weight excluding hydrogens is 344 g/mol. The lowest BCUT2D eigenvalue weighted by atomic mass is 9.83. The summed E-state index contributed by atoms with van der Waals surface area (Å²) in [5.74, 6) is -1.15. The second kappa shape index (κ2) is 6.83. The first-order valence-corrected chi connectivity index (χ1v) is 7.40. The fourth-order valence-corrected chi connectivity index (χ4v) is 2.51. The van der Waals surface area contributed by atoms with Crippen molar-refractivity contribution in [1.82, 2.24) is 4.98 Å². The smallest absolute Gasteiger partial charge is 0.318 e. The molecule has 1 atom stereocenters. The van der Waals surface area contributed by atoms with E-state index in [-0.39, 0.29) is 10.2 Å². The van der Waals surface area contributed by atoms with Gasteiger partial charge in [0.05, 0.1) is 24.4 Å². The number of esters is 1. The van der Waals surface area contributed by atoms with Crippen molar-refractivity contribution in [1.29, 1.82) is 0 Å². The molecule has 122 valence electrons. The van der Waals surface area contributed by atoms with E-state index in [9.17, 15) is 14.3 Å². The Morgan fingerprint density at radius 3 is 2.61 bits per heavy atom. The van der Waals surface area contributed by atoms with Crippen LogP contribution < -0.4 is 0 Å². The molecule has 23 heavy (non-hydrogen) atoms. The Bertz CT molecular complexity index is 754. The van der Waals surface area contributed by atoms with Crippen molar-refractivity contribution in [3.63, 3.8) is 0 Å². The van der Waals surface area contributed by atoms with Crippen LogP contribution in [0.15, 0.2) is 30.3 Å². The van der Waals surface area contributed by atoms with Gasteiger partial charge in [-0.2, -0.15) is 0 Å². The molecule has 1 unspecified atom stereocenters. The van der Waals surface area contributed by atoms with Crippen LogP contribution in [0.2, 0.25) is 10.2 Å². The average Bonchev–Trinajstić information content (AvgIpc) is 2.55. The van der Waals surface area contributed by atoms with Gasteiger partial charge >= 0.3 is 5.97 Å². The average molecular weight is 358 g/mol. The number of aliphatic hydroxyl groups is 1. The number of aliphatic hydroxyl groups excluding tert-OH is 1. The van der Waals surface area contributed by atoms with Crippen LogP contribution in [0.25, 0.3) is 11.3 Å². The van der Waals surface area contributed by atoms with Crippen LogP contribution >= 0.6 is 23.2 Å². The lowest BCUT2D eigenvalue weighted by molar-refractivity contribution is -0.148. The van der Waals surface area contributed by atoms with Gasteiger partial charge in [0.15, 0.2) is 0 Å². The molecule has 0 bridgehead atoms. The van der Waals surface area contributed by atoms with Crippen LogP contribution in [0.5, 0.6) is 0 Å². The highest BCUT2D eigenvalue weighted by Crippen LogP contribution is 2.31. The molecule has 0 saturated heterocycles. The van der Waals surface area contributed by atoms with Crippen molar-refractivity contribution in [2.24, 2.45) is 0 Å². The SMILES string of the molecule is COC(=O)C(C)(CO)c1cc(Cl)nc(-c2ccc(F)c(Cl)c2)c1. The Hall–Kier alpha value is -1.69. The number of pyridine rings is 1. The molecular formula is C16H14Cl2FNO3. The molecule has 0 spiro atoms. The highest BCUT2D eigenvalue weighted by Gasteiger charge is 2.36. The molecule has 1 aromatic heterocycles. The summed E-state index contributed by atoms with van der Waals surface area (Å²) in [5, 5.41) is 9.71. The van der Waals surface area contributed by atoms with Crippen LogP contribution in [0.4, 0.5) is 4.39 Å². The number of hydrogen-bond acceptors (Lipinski definition) is 4. The van der Waals surface area contributed by atoms with Gasteiger partial charge in [-0.25, -0.2) is 9.37 Å². The molecule has 1 aromatic carbocycles. The number of carbonyl (C=O) groups is 1. The zero-order valence-electron chi connectivity index (χ0n) is 12.4. The van der Waals surface area contributed by atoms with Crippen molar-refractivity contribution in [2.45, 2.75) is 12.3 Å². The summed E-state index contributed by atoms with van der Waals surface area (Å²) in [7, 11) is 1.24. The molecule has 7 heteroatoms. The number of nitrogens with zero attached hydrogens (tertiary/aromatic N) is 1. The lowest BCUT2D eigenvalue weighted by Crippen LogP contribution is -2.37. The number of carbonyl (C=O) groups excluding carboxylic acids is 1. The fraction of sp³-hybridized carbons (Fsp3) is 0.250. The normalized spacial score (nSPS) is 13.5. The zero-order chi connectivity index (χ0) is 17.2. The zero-order valence-corrected chi connectivity index (χ0v) is 14.0. The van der Waals surface area contributed by atoms with E-state index in [4.69, 9.17) is 27.9 Å². The third kappa shape index (κ3) is 3.47. The maximum absolute atomic E-state index is 13.3. The summed E-state index contributed by atoms with van der Waals surface area (Å²) >= 11 is 11.8. The number of benzene rings is 1. The van der Waals surface area contributed by atoms with Crippen molar-refractivity contribution in [2.75, 3.05) is 13.7 Å². The van der Waals surface area contributed by atoms with Gasteiger partial charge in [-0.15, -0.1) is 0 Å². The van der Waals surface area contributed by atoms with Crippen LogP contribution in [-0.2, 0) is 14.9 Å². The van der Waals surface area contributed by atoms with Crippen LogP contribution in [-0.4, -0.2) is 29.8 Å². The summed E-state index contributed by atoms with van der Waals surface area (Å²) in [5.41, 5.74) is 0.0745. The minimum Gasteiger partial charge on any atom is -0.468 e. The monoisotopic (exact) mass is 357 g/mol. The predicted octanol–water partition coefficient (Wildman–Crippen LogP) is 3.62. The van der Waals surface area contributed by atoms with Gasteiger partial charge in [0.2, 0.25) is 0 Å². The summed E-state index contributed by atoms with van der Waals surface area (Å²) in [6, 6.07) is 7.18. The van der Waals surface area contributed by atoms with Gasteiger partial charge in [-0.1, -0.05) is 23.2 Å². The molecule has 0 saturated carbocycles. The number of halogens is 3. The molecule has 2 rings (SSSR count). The maximum Gasteiger partial charge on any atom is 0.318 e. The van der Waals surface area contributed by atoms with Crippen molar-refractivity contribution in [3.8, 4) is 11.3 Å². The maximum atomic E-state index is 13.3. The van der Waals surface area contributed by atoms with Gasteiger partial charge in [0.1, 0.15) is 16.4 Å². The highest BCUT2D eigenvalue weighted by atomic mass is 35.5. The fourth-order valence-electron chi connectivity index (χ4n) is 2.12. The summed E-state index contributed by atoms with van der Waals surface area (Å²) in [4.78, 5) is 16.2. The molecule has 0 aliphatic heterocycles. The molecule has 0 radical (unpaired) electrons. The largest absolute Gasteiger partial charge is 0.468 e. The molecule has 0 amide bonds. The van der Waals surface area contributed by atoms with Crippen molar-refractivity contribution < 1.29 is 19.0 Å². The van der Waals surface area contributed by atoms with E-state index < -0.39 is 23.8 Å². The van der Waals surface area contributed by atoms with Crippen molar-refractivity contribution in [3.05, 3.63) is 51.9 Å². The summed E-state index contributed by atoms with van der Waals surface area (Å²) in [6.45, 7) is 1.07. The van der Waals surface area contributed by atoms with E-state index in [1.807, 2.05) is 0 Å². The van der Waals surface area contributed by atoms with Crippen LogP contribution in [0, 0.1) is 5.82 Å². The van der Waals surface area contributed by atoms with Crippen LogP contribution in [0.3, 0.4) is 0 Å². The van der Waals surface area contributed by atoms with Gasteiger partial charge < -0.3 is 9.84 Å². The first kappa shape index (κ1) is 17.7. The number of rotatable bonds is 4. The second-order valence-electron chi connectivity index (χ2n) is 5.17. The molecule has 0 fully saturated rings. The Morgan fingerprint density at radius 1 is 1.35 bits per heavy atom. The molecule has 4 nitrogen and oxygen atoms in total. The first-order chi connectivity index (χ1) is 10.8. The highest BCUT2D eigenvalue weighted by molar-refractivity contribution is 6.31. The number of aromatic nitrogens is 1. The lowest BCUT2D eigenvalue weighted by Gasteiger charge is -2.25. The predicted molar refractivity (Wildman–Crippen MR) is 86.1 cm³/mol. The first-order valence-electron chi connectivity index (χ1n) is 6.64. The quantitative estimate of drug-likeness (QED) is 0.670. The van der Waals surface area contributed by atoms with Gasteiger partial charge in [0, 0.05) is 5.56 Å². The Balaban J connectivity index is 2.59. The molecule has 1 heterocycles.